The van der Waals surface area contributed by atoms with Crippen LogP contribution < -0.4 is 5.69 Å². The molecule has 6 heteroatoms. The fourth-order valence-electron chi connectivity index (χ4n) is 1.78. The molecular formula is C11H13N5O. The Bertz CT molecular complexity index is 674. The lowest BCUT2D eigenvalue weighted by Crippen LogP contribution is -2.23. The van der Waals surface area contributed by atoms with Crippen LogP contribution in [0.3, 0.4) is 0 Å². The van der Waals surface area contributed by atoms with Gasteiger partial charge in [0.15, 0.2) is 5.65 Å². The third-order valence-electron chi connectivity index (χ3n) is 2.81. The molecule has 0 aromatic carbocycles. The lowest BCUT2D eigenvalue weighted by Gasteiger charge is -2.04. The van der Waals surface area contributed by atoms with Gasteiger partial charge in [-0.25, -0.2) is 14.2 Å². The van der Waals surface area contributed by atoms with E-state index >= 15 is 0 Å². The van der Waals surface area contributed by atoms with Crippen LogP contribution >= 0.6 is 0 Å². The highest BCUT2D eigenvalue weighted by Crippen LogP contribution is 2.11. The largest absolute Gasteiger partial charge is 0.352 e. The van der Waals surface area contributed by atoms with Crippen molar-refractivity contribution in [3.63, 3.8) is 0 Å². The van der Waals surface area contributed by atoms with Gasteiger partial charge in [-0.3, -0.25) is 0 Å². The summed E-state index contributed by atoms with van der Waals surface area (Å²) in [5.74, 6) is 0.678. The van der Waals surface area contributed by atoms with E-state index in [1.54, 1.807) is 0 Å². The molecule has 0 fully saturated rings. The molecule has 0 radical (unpaired) electrons. The fraction of sp³-hybridized carbons (Fsp3) is 0.455. The lowest BCUT2D eigenvalue weighted by atomic mass is 10.2. The Morgan fingerprint density at radius 2 is 2.12 bits per heavy atom. The SMILES string of the molecule is CCc1nc(C)c(C)c2nn(CC#N)c(=O)n12. The maximum absolute atomic E-state index is 12.0. The van der Waals surface area contributed by atoms with Crippen molar-refractivity contribution in [3.8, 4) is 6.07 Å². The molecule has 0 N–H and O–H groups in total. The van der Waals surface area contributed by atoms with E-state index in [1.807, 2.05) is 26.8 Å². The quantitative estimate of drug-likeness (QED) is 0.758. The summed E-state index contributed by atoms with van der Waals surface area (Å²) in [6, 6.07) is 1.92. The van der Waals surface area contributed by atoms with Crippen molar-refractivity contribution < 1.29 is 0 Å². The topological polar surface area (TPSA) is 76.0 Å². The molecule has 2 aromatic heterocycles. The number of aryl methyl sites for hydroxylation is 3. The molecule has 0 saturated heterocycles. The highest BCUT2D eigenvalue weighted by Gasteiger charge is 2.14. The van der Waals surface area contributed by atoms with Gasteiger partial charge in [0.05, 0.1) is 6.07 Å². The average Bonchev–Trinajstić information content (AvgIpc) is 2.63. The van der Waals surface area contributed by atoms with Crippen LogP contribution in [0.1, 0.15) is 24.0 Å². The van der Waals surface area contributed by atoms with Crippen LogP contribution in [0.25, 0.3) is 5.65 Å². The Hall–Kier alpha value is -2.16. The standard InChI is InChI=1S/C11H13N5O/c1-4-9-13-8(3)7(2)10-14-15(6-5-12)11(17)16(9)10/h4,6H2,1-3H3. The summed E-state index contributed by atoms with van der Waals surface area (Å²) >= 11 is 0. The zero-order valence-corrected chi connectivity index (χ0v) is 10.1. The maximum atomic E-state index is 12.0. The average molecular weight is 231 g/mol. The molecule has 0 aliphatic rings. The molecule has 0 aliphatic heterocycles. The molecule has 88 valence electrons. The second-order valence-corrected chi connectivity index (χ2v) is 3.85. The molecule has 2 heterocycles. The molecule has 2 rings (SSSR count). The van der Waals surface area contributed by atoms with Gasteiger partial charge in [0.25, 0.3) is 0 Å². The lowest BCUT2D eigenvalue weighted by molar-refractivity contribution is 0.674. The van der Waals surface area contributed by atoms with Crippen molar-refractivity contribution in [1.82, 2.24) is 19.2 Å². The molecular weight excluding hydrogens is 218 g/mol. The molecule has 0 spiro atoms. The minimum atomic E-state index is -0.297. The highest BCUT2D eigenvalue weighted by atomic mass is 16.2. The zero-order valence-electron chi connectivity index (χ0n) is 10.1. The van der Waals surface area contributed by atoms with Crippen LogP contribution in [0.2, 0.25) is 0 Å². The predicted octanol–water partition coefficient (Wildman–Crippen LogP) is 0.594. The third kappa shape index (κ3) is 1.60. The Balaban J connectivity index is 2.91. The summed E-state index contributed by atoms with van der Waals surface area (Å²) in [5, 5.41) is 12.8. The van der Waals surface area contributed by atoms with Crippen molar-refractivity contribution >= 4 is 5.65 Å². The maximum Gasteiger partial charge on any atom is 0.352 e. The molecule has 0 amide bonds. The molecule has 0 saturated carbocycles. The van der Waals surface area contributed by atoms with E-state index in [2.05, 4.69) is 10.1 Å². The van der Waals surface area contributed by atoms with Crippen LogP contribution in [0.5, 0.6) is 0 Å². The van der Waals surface area contributed by atoms with E-state index in [0.717, 1.165) is 11.3 Å². The smallest absolute Gasteiger partial charge is 0.245 e. The third-order valence-corrected chi connectivity index (χ3v) is 2.81. The zero-order chi connectivity index (χ0) is 12.6. The summed E-state index contributed by atoms with van der Waals surface area (Å²) < 4.78 is 2.66. The van der Waals surface area contributed by atoms with Crippen LogP contribution in [0.4, 0.5) is 0 Å². The first-order valence-corrected chi connectivity index (χ1v) is 5.42. The van der Waals surface area contributed by atoms with Gasteiger partial charge in [-0.15, -0.1) is 5.10 Å². The Morgan fingerprint density at radius 1 is 1.41 bits per heavy atom. The van der Waals surface area contributed by atoms with E-state index in [-0.39, 0.29) is 12.2 Å². The number of hydrogen-bond acceptors (Lipinski definition) is 4. The van der Waals surface area contributed by atoms with Gasteiger partial charge in [-0.05, 0) is 13.8 Å². The first-order valence-electron chi connectivity index (χ1n) is 5.42. The van der Waals surface area contributed by atoms with Crippen LogP contribution in [-0.4, -0.2) is 19.2 Å². The van der Waals surface area contributed by atoms with E-state index < -0.39 is 0 Å². The second-order valence-electron chi connectivity index (χ2n) is 3.85. The minimum Gasteiger partial charge on any atom is -0.245 e. The highest BCUT2D eigenvalue weighted by molar-refractivity contribution is 5.48. The fourth-order valence-corrected chi connectivity index (χ4v) is 1.78. The van der Waals surface area contributed by atoms with Gasteiger partial charge in [0.1, 0.15) is 12.4 Å². The molecule has 2 aromatic rings. The Kier molecular flexibility index (Phi) is 2.68. The summed E-state index contributed by atoms with van der Waals surface area (Å²) in [6.07, 6.45) is 0.649. The molecule has 0 bridgehead atoms. The van der Waals surface area contributed by atoms with Crippen molar-refractivity contribution in [2.24, 2.45) is 0 Å². The summed E-state index contributed by atoms with van der Waals surface area (Å²) in [6.45, 7) is 5.66. The molecule has 0 unspecified atom stereocenters. The van der Waals surface area contributed by atoms with E-state index in [9.17, 15) is 4.79 Å². The summed E-state index contributed by atoms with van der Waals surface area (Å²) in [4.78, 5) is 16.4. The van der Waals surface area contributed by atoms with Crippen LogP contribution in [-0.2, 0) is 13.0 Å². The Labute approximate surface area is 98.1 Å². The van der Waals surface area contributed by atoms with E-state index in [1.165, 1.54) is 9.08 Å². The normalized spacial score (nSPS) is 10.7. The van der Waals surface area contributed by atoms with E-state index in [0.29, 0.717) is 17.9 Å². The van der Waals surface area contributed by atoms with Crippen molar-refractivity contribution in [1.29, 1.82) is 5.26 Å². The van der Waals surface area contributed by atoms with Gasteiger partial charge in [0, 0.05) is 17.7 Å². The summed E-state index contributed by atoms with van der Waals surface area (Å²) in [7, 11) is 0. The number of nitriles is 1. The van der Waals surface area contributed by atoms with Crippen LogP contribution in [0.15, 0.2) is 4.79 Å². The van der Waals surface area contributed by atoms with Crippen molar-refractivity contribution in [3.05, 3.63) is 27.6 Å². The minimum absolute atomic E-state index is 0.0395. The first kappa shape index (κ1) is 11.3. The Morgan fingerprint density at radius 3 is 2.71 bits per heavy atom. The molecule has 0 atom stereocenters. The molecule has 0 aliphatic carbocycles. The van der Waals surface area contributed by atoms with Crippen LogP contribution in [0, 0.1) is 25.2 Å². The number of hydrogen-bond donors (Lipinski definition) is 0. The number of aromatic nitrogens is 4. The van der Waals surface area contributed by atoms with Gasteiger partial charge >= 0.3 is 5.69 Å². The second kappa shape index (κ2) is 4.01. The summed E-state index contributed by atoms with van der Waals surface area (Å²) in [5.41, 5.74) is 2.03. The van der Waals surface area contributed by atoms with E-state index in [4.69, 9.17) is 5.26 Å². The molecule has 17 heavy (non-hydrogen) atoms. The first-order chi connectivity index (χ1) is 8.10. The monoisotopic (exact) mass is 231 g/mol. The number of rotatable bonds is 2. The number of fused-ring (bicyclic) bond motifs is 1. The van der Waals surface area contributed by atoms with Gasteiger partial charge in [-0.2, -0.15) is 9.94 Å². The predicted molar refractivity (Wildman–Crippen MR) is 61.7 cm³/mol. The van der Waals surface area contributed by atoms with Gasteiger partial charge < -0.3 is 0 Å². The van der Waals surface area contributed by atoms with Crippen molar-refractivity contribution in [2.75, 3.05) is 0 Å². The number of nitrogens with zero attached hydrogens (tertiary/aromatic N) is 5. The van der Waals surface area contributed by atoms with Crippen molar-refractivity contribution in [2.45, 2.75) is 33.7 Å². The van der Waals surface area contributed by atoms with Gasteiger partial charge in [0.2, 0.25) is 0 Å². The molecule has 6 nitrogen and oxygen atoms in total. The van der Waals surface area contributed by atoms with Gasteiger partial charge in [-0.1, -0.05) is 6.92 Å².